The minimum Gasteiger partial charge on any atom is -0.339 e. The molecule has 1 aromatic heterocycles. The third kappa shape index (κ3) is 3.30. The van der Waals surface area contributed by atoms with Gasteiger partial charge in [0.25, 0.3) is 0 Å². The van der Waals surface area contributed by atoms with Gasteiger partial charge >= 0.3 is 0 Å². The highest BCUT2D eigenvalue weighted by Gasteiger charge is 2.29. The molecule has 112 valence electrons. The van der Waals surface area contributed by atoms with Crippen LogP contribution in [0.25, 0.3) is 11.4 Å². The fourth-order valence-corrected chi connectivity index (χ4v) is 4.39. The summed E-state index contributed by atoms with van der Waals surface area (Å²) < 4.78 is 28.1. The normalized spacial score (nSPS) is 20.7. The highest BCUT2D eigenvalue weighted by Crippen LogP contribution is 2.23. The van der Waals surface area contributed by atoms with Crippen molar-refractivity contribution in [3.8, 4) is 11.4 Å². The standard InChI is InChI=1S/C14H17N3O3S/c15-8-10-1-3-12(4-2-10)14-16-13(20-17-14)7-11-5-6-21(18,19)9-11/h1-4,11H,5-9,15H2. The van der Waals surface area contributed by atoms with Crippen molar-refractivity contribution >= 4 is 9.84 Å². The van der Waals surface area contributed by atoms with Crippen LogP contribution in [0.5, 0.6) is 0 Å². The molecule has 1 atom stereocenters. The van der Waals surface area contributed by atoms with Gasteiger partial charge in [0, 0.05) is 18.5 Å². The van der Waals surface area contributed by atoms with Crippen LogP contribution in [0.3, 0.4) is 0 Å². The molecule has 1 saturated heterocycles. The van der Waals surface area contributed by atoms with Gasteiger partial charge in [-0.3, -0.25) is 0 Å². The molecule has 0 aliphatic carbocycles. The molecule has 6 nitrogen and oxygen atoms in total. The van der Waals surface area contributed by atoms with E-state index in [-0.39, 0.29) is 17.4 Å². The van der Waals surface area contributed by atoms with Crippen molar-refractivity contribution < 1.29 is 12.9 Å². The predicted octanol–water partition coefficient (Wildman–Crippen LogP) is 1.17. The molecule has 1 fully saturated rings. The summed E-state index contributed by atoms with van der Waals surface area (Å²) in [7, 11) is -2.87. The molecule has 3 rings (SSSR count). The maximum absolute atomic E-state index is 11.4. The van der Waals surface area contributed by atoms with Crippen LogP contribution in [-0.2, 0) is 22.8 Å². The number of benzene rings is 1. The van der Waals surface area contributed by atoms with Crippen molar-refractivity contribution in [3.05, 3.63) is 35.7 Å². The molecule has 0 saturated carbocycles. The Bertz CT molecular complexity index is 722. The maximum Gasteiger partial charge on any atom is 0.227 e. The minimum atomic E-state index is -2.87. The van der Waals surface area contributed by atoms with E-state index >= 15 is 0 Å². The first-order valence-electron chi connectivity index (χ1n) is 6.88. The number of rotatable bonds is 4. The van der Waals surface area contributed by atoms with Crippen molar-refractivity contribution in [1.29, 1.82) is 0 Å². The lowest BCUT2D eigenvalue weighted by molar-refractivity contribution is 0.359. The Kier molecular flexibility index (Phi) is 3.77. The average Bonchev–Trinajstić information content (AvgIpc) is 3.06. The van der Waals surface area contributed by atoms with Crippen molar-refractivity contribution in [3.63, 3.8) is 0 Å². The molecule has 0 spiro atoms. The Morgan fingerprint density at radius 3 is 2.67 bits per heavy atom. The lowest BCUT2D eigenvalue weighted by Gasteiger charge is -2.01. The van der Waals surface area contributed by atoms with Gasteiger partial charge in [0.1, 0.15) is 0 Å². The van der Waals surface area contributed by atoms with Gasteiger partial charge in [-0.2, -0.15) is 4.98 Å². The van der Waals surface area contributed by atoms with Gasteiger partial charge in [-0.1, -0.05) is 29.4 Å². The molecule has 1 unspecified atom stereocenters. The van der Waals surface area contributed by atoms with Gasteiger partial charge in [0.2, 0.25) is 11.7 Å². The number of aromatic nitrogens is 2. The van der Waals surface area contributed by atoms with Gasteiger partial charge < -0.3 is 10.3 Å². The Morgan fingerprint density at radius 1 is 1.29 bits per heavy atom. The monoisotopic (exact) mass is 307 g/mol. The van der Waals surface area contributed by atoms with Gasteiger partial charge in [-0.05, 0) is 17.9 Å². The zero-order valence-electron chi connectivity index (χ0n) is 11.5. The second-order valence-electron chi connectivity index (χ2n) is 5.39. The van der Waals surface area contributed by atoms with Crippen molar-refractivity contribution in [2.24, 2.45) is 11.7 Å². The molecule has 1 aliphatic heterocycles. The summed E-state index contributed by atoms with van der Waals surface area (Å²) in [4.78, 5) is 4.34. The smallest absolute Gasteiger partial charge is 0.227 e. The molecule has 2 N–H and O–H groups in total. The molecular formula is C14H17N3O3S. The lowest BCUT2D eigenvalue weighted by atomic mass is 10.1. The molecule has 21 heavy (non-hydrogen) atoms. The molecule has 1 aromatic carbocycles. The van der Waals surface area contributed by atoms with E-state index in [0.29, 0.717) is 31.1 Å². The number of sulfone groups is 1. The summed E-state index contributed by atoms with van der Waals surface area (Å²) in [5.41, 5.74) is 7.46. The van der Waals surface area contributed by atoms with E-state index in [1.54, 1.807) is 0 Å². The summed E-state index contributed by atoms with van der Waals surface area (Å²) in [6, 6.07) is 7.65. The molecule has 2 aromatic rings. The molecule has 2 heterocycles. The van der Waals surface area contributed by atoms with Crippen LogP contribution in [0, 0.1) is 5.92 Å². The molecule has 1 aliphatic rings. The molecule has 0 amide bonds. The largest absolute Gasteiger partial charge is 0.339 e. The summed E-state index contributed by atoms with van der Waals surface area (Å²) in [5, 5.41) is 3.95. The Morgan fingerprint density at radius 2 is 2.05 bits per heavy atom. The first kappa shape index (κ1) is 14.2. The lowest BCUT2D eigenvalue weighted by Crippen LogP contribution is -2.07. The Hall–Kier alpha value is -1.73. The summed E-state index contributed by atoms with van der Waals surface area (Å²) in [6.07, 6.45) is 1.19. The van der Waals surface area contributed by atoms with E-state index in [1.807, 2.05) is 24.3 Å². The average molecular weight is 307 g/mol. The number of nitrogens with two attached hydrogens (primary N) is 1. The second-order valence-corrected chi connectivity index (χ2v) is 7.61. The fourth-order valence-electron chi connectivity index (χ4n) is 2.52. The van der Waals surface area contributed by atoms with Gasteiger partial charge in [0.05, 0.1) is 11.5 Å². The molecule has 0 radical (unpaired) electrons. The third-order valence-corrected chi connectivity index (χ3v) is 5.54. The quantitative estimate of drug-likeness (QED) is 0.910. The van der Waals surface area contributed by atoms with Crippen LogP contribution >= 0.6 is 0 Å². The minimum absolute atomic E-state index is 0.0860. The zero-order valence-corrected chi connectivity index (χ0v) is 12.3. The van der Waals surface area contributed by atoms with E-state index in [4.69, 9.17) is 10.3 Å². The van der Waals surface area contributed by atoms with Crippen molar-refractivity contribution in [1.82, 2.24) is 10.1 Å². The van der Waals surface area contributed by atoms with Crippen molar-refractivity contribution in [2.75, 3.05) is 11.5 Å². The molecule has 7 heteroatoms. The van der Waals surface area contributed by atoms with Gasteiger partial charge in [-0.25, -0.2) is 8.42 Å². The van der Waals surface area contributed by atoms with Crippen LogP contribution < -0.4 is 5.73 Å². The number of hydrogen-bond acceptors (Lipinski definition) is 6. The SMILES string of the molecule is NCc1ccc(-c2noc(CC3CCS(=O)(=O)C3)n2)cc1. The van der Waals surface area contributed by atoms with Crippen LogP contribution in [0.4, 0.5) is 0 Å². The first-order chi connectivity index (χ1) is 10.1. The summed E-state index contributed by atoms with van der Waals surface area (Å²) in [5.74, 6) is 1.59. The third-order valence-electron chi connectivity index (χ3n) is 3.71. The summed E-state index contributed by atoms with van der Waals surface area (Å²) in [6.45, 7) is 0.494. The van der Waals surface area contributed by atoms with E-state index in [0.717, 1.165) is 11.1 Å². The first-order valence-corrected chi connectivity index (χ1v) is 8.70. The Balaban J connectivity index is 1.71. The summed E-state index contributed by atoms with van der Waals surface area (Å²) >= 11 is 0. The molecular weight excluding hydrogens is 290 g/mol. The van der Waals surface area contributed by atoms with Gasteiger partial charge in [-0.15, -0.1) is 0 Å². The molecule has 0 bridgehead atoms. The van der Waals surface area contributed by atoms with Gasteiger partial charge in [0.15, 0.2) is 9.84 Å². The highest BCUT2D eigenvalue weighted by molar-refractivity contribution is 7.91. The predicted molar refractivity (Wildman–Crippen MR) is 78.1 cm³/mol. The van der Waals surface area contributed by atoms with Crippen LogP contribution in [0.15, 0.2) is 28.8 Å². The highest BCUT2D eigenvalue weighted by atomic mass is 32.2. The topological polar surface area (TPSA) is 99.1 Å². The van der Waals surface area contributed by atoms with E-state index in [9.17, 15) is 8.42 Å². The van der Waals surface area contributed by atoms with E-state index in [2.05, 4.69) is 10.1 Å². The number of hydrogen-bond donors (Lipinski definition) is 1. The number of nitrogens with zero attached hydrogens (tertiary/aromatic N) is 2. The zero-order chi connectivity index (χ0) is 14.9. The van der Waals surface area contributed by atoms with E-state index in [1.165, 1.54) is 0 Å². The Labute approximate surface area is 123 Å². The van der Waals surface area contributed by atoms with Crippen LogP contribution in [-0.4, -0.2) is 30.1 Å². The van der Waals surface area contributed by atoms with Crippen LogP contribution in [0.2, 0.25) is 0 Å². The second kappa shape index (κ2) is 5.57. The fraction of sp³-hybridized carbons (Fsp3) is 0.429. The van der Waals surface area contributed by atoms with Crippen molar-refractivity contribution in [2.45, 2.75) is 19.4 Å². The van der Waals surface area contributed by atoms with Crippen LogP contribution in [0.1, 0.15) is 17.9 Å². The van der Waals surface area contributed by atoms with E-state index < -0.39 is 9.84 Å². The maximum atomic E-state index is 11.4.